The van der Waals surface area contributed by atoms with Crippen molar-refractivity contribution in [2.24, 2.45) is 0 Å². The van der Waals surface area contributed by atoms with Crippen LogP contribution in [0.2, 0.25) is 0 Å². The molecule has 0 radical (unpaired) electrons. The minimum atomic E-state index is -0.530. The lowest BCUT2D eigenvalue weighted by Crippen LogP contribution is -2.44. The van der Waals surface area contributed by atoms with Crippen LogP contribution >= 0.6 is 11.8 Å². The zero-order chi connectivity index (χ0) is 16.0. The number of aliphatic hydroxyl groups is 1. The van der Waals surface area contributed by atoms with Crippen LogP contribution in [0.5, 0.6) is 5.75 Å². The number of thioether (sulfide) groups is 1. The van der Waals surface area contributed by atoms with Crippen molar-refractivity contribution in [2.45, 2.75) is 38.2 Å². The Morgan fingerprint density at radius 2 is 2.18 bits per heavy atom. The van der Waals surface area contributed by atoms with Crippen molar-refractivity contribution in [1.82, 2.24) is 10.3 Å². The number of ether oxygens (including phenoxy) is 1. The molecule has 2 aromatic rings. The van der Waals surface area contributed by atoms with Gasteiger partial charge in [-0.3, -0.25) is 0 Å². The molecular formula is C17H26N2O2S. The van der Waals surface area contributed by atoms with Gasteiger partial charge >= 0.3 is 0 Å². The Morgan fingerprint density at radius 1 is 1.36 bits per heavy atom. The molecule has 3 N–H and O–H groups in total. The van der Waals surface area contributed by atoms with E-state index in [1.165, 1.54) is 0 Å². The Hall–Kier alpha value is -1.17. The number of hydrogen-bond donors (Lipinski definition) is 3. The zero-order valence-corrected chi connectivity index (χ0v) is 14.4. The highest BCUT2D eigenvalue weighted by molar-refractivity contribution is 8.00. The van der Waals surface area contributed by atoms with Crippen molar-refractivity contribution in [2.75, 3.05) is 18.9 Å². The van der Waals surface area contributed by atoms with Gasteiger partial charge in [-0.05, 0) is 37.3 Å². The Kier molecular flexibility index (Phi) is 6.17. The van der Waals surface area contributed by atoms with E-state index >= 15 is 0 Å². The smallest absolute Gasteiger partial charge is 0.128 e. The van der Waals surface area contributed by atoms with Crippen LogP contribution < -0.4 is 10.1 Å². The van der Waals surface area contributed by atoms with Gasteiger partial charge in [0.25, 0.3) is 0 Å². The van der Waals surface area contributed by atoms with Gasteiger partial charge in [0, 0.05) is 23.6 Å². The summed E-state index contributed by atoms with van der Waals surface area (Å²) in [5, 5.41) is 14.6. The molecule has 0 aliphatic rings. The van der Waals surface area contributed by atoms with Crippen LogP contribution in [0.4, 0.5) is 0 Å². The van der Waals surface area contributed by atoms with Crippen molar-refractivity contribution in [3.05, 3.63) is 30.5 Å². The molecule has 0 aliphatic heterocycles. The van der Waals surface area contributed by atoms with Gasteiger partial charge in [0.2, 0.25) is 0 Å². The summed E-state index contributed by atoms with van der Waals surface area (Å²) >= 11 is 1.87. The van der Waals surface area contributed by atoms with Crippen molar-refractivity contribution >= 4 is 22.7 Å². The number of H-pyrrole nitrogens is 1. The van der Waals surface area contributed by atoms with E-state index in [1.807, 2.05) is 42.2 Å². The summed E-state index contributed by atoms with van der Waals surface area (Å²) in [6.07, 6.45) is 2.38. The topological polar surface area (TPSA) is 57.3 Å². The fourth-order valence-electron chi connectivity index (χ4n) is 2.36. The maximum Gasteiger partial charge on any atom is 0.128 e. The van der Waals surface area contributed by atoms with Gasteiger partial charge in [-0.25, -0.2) is 0 Å². The molecule has 2 unspecified atom stereocenters. The van der Waals surface area contributed by atoms with Crippen molar-refractivity contribution in [3.63, 3.8) is 0 Å². The minimum Gasteiger partial charge on any atom is -0.490 e. The summed E-state index contributed by atoms with van der Waals surface area (Å²) in [7, 11) is 0. The predicted octanol–water partition coefficient (Wildman–Crippen LogP) is 3.38. The molecule has 4 nitrogen and oxygen atoms in total. The number of hydrogen-bond acceptors (Lipinski definition) is 4. The lowest BCUT2D eigenvalue weighted by molar-refractivity contribution is 0.103. The van der Waals surface area contributed by atoms with Gasteiger partial charge in [0.05, 0.1) is 4.87 Å². The molecule has 0 spiro atoms. The molecule has 2 atom stereocenters. The van der Waals surface area contributed by atoms with Gasteiger partial charge in [-0.2, -0.15) is 0 Å². The summed E-state index contributed by atoms with van der Waals surface area (Å²) in [5.74, 6) is 1.86. The minimum absolute atomic E-state index is 0.0103. The van der Waals surface area contributed by atoms with Gasteiger partial charge in [0.1, 0.15) is 18.5 Å². The SMILES string of the molecule is CCSC(C)(CC)NCC(O)COc1cccc2[nH]ccc12. The monoisotopic (exact) mass is 322 g/mol. The van der Waals surface area contributed by atoms with Crippen LogP contribution in [0.25, 0.3) is 10.9 Å². The molecule has 0 aliphatic carbocycles. The number of nitrogens with one attached hydrogen (secondary N) is 2. The first-order valence-electron chi connectivity index (χ1n) is 7.84. The molecule has 0 fully saturated rings. The largest absolute Gasteiger partial charge is 0.490 e. The van der Waals surface area contributed by atoms with E-state index in [1.54, 1.807) is 0 Å². The summed E-state index contributed by atoms with van der Waals surface area (Å²) in [6.45, 7) is 7.30. The van der Waals surface area contributed by atoms with Gasteiger partial charge in [-0.1, -0.05) is 19.9 Å². The number of rotatable bonds is 9. The molecule has 0 amide bonds. The van der Waals surface area contributed by atoms with Gasteiger partial charge < -0.3 is 20.1 Å². The Balaban J connectivity index is 1.85. The van der Waals surface area contributed by atoms with Crippen LogP contribution in [0, 0.1) is 0 Å². The lowest BCUT2D eigenvalue weighted by atomic mass is 10.2. The second-order valence-corrected chi connectivity index (χ2v) is 7.33. The highest BCUT2D eigenvalue weighted by Crippen LogP contribution is 2.26. The Morgan fingerprint density at radius 3 is 2.91 bits per heavy atom. The third kappa shape index (κ3) is 4.41. The quantitative estimate of drug-likeness (QED) is 0.620. The number of benzene rings is 1. The highest BCUT2D eigenvalue weighted by Gasteiger charge is 2.22. The molecule has 2 rings (SSSR count). The third-order valence-electron chi connectivity index (χ3n) is 3.84. The first-order valence-corrected chi connectivity index (χ1v) is 8.82. The predicted molar refractivity (Wildman–Crippen MR) is 94.6 cm³/mol. The van der Waals surface area contributed by atoms with Crippen LogP contribution in [-0.2, 0) is 0 Å². The normalized spacial score (nSPS) is 15.6. The molecule has 0 saturated heterocycles. The van der Waals surface area contributed by atoms with E-state index in [0.717, 1.165) is 28.8 Å². The van der Waals surface area contributed by atoms with Crippen molar-refractivity contribution in [1.29, 1.82) is 0 Å². The third-order valence-corrected chi connectivity index (χ3v) is 5.19. The Bertz CT molecular complexity index is 587. The molecule has 0 saturated carbocycles. The molecule has 1 aromatic carbocycles. The second-order valence-electron chi connectivity index (χ2n) is 5.56. The number of aliphatic hydroxyl groups excluding tert-OH is 1. The summed E-state index contributed by atoms with van der Waals surface area (Å²) in [4.78, 5) is 3.17. The van der Waals surface area contributed by atoms with Crippen LogP contribution in [0.1, 0.15) is 27.2 Å². The summed E-state index contributed by atoms with van der Waals surface area (Å²) in [5.41, 5.74) is 1.04. The molecule has 1 heterocycles. The molecule has 1 aromatic heterocycles. The highest BCUT2D eigenvalue weighted by atomic mass is 32.2. The van der Waals surface area contributed by atoms with Crippen molar-refractivity contribution < 1.29 is 9.84 Å². The Labute approximate surface area is 136 Å². The average molecular weight is 322 g/mol. The summed E-state index contributed by atoms with van der Waals surface area (Å²) in [6, 6.07) is 7.88. The molecule has 22 heavy (non-hydrogen) atoms. The van der Waals surface area contributed by atoms with Gasteiger partial charge in [-0.15, -0.1) is 11.8 Å². The summed E-state index contributed by atoms with van der Waals surface area (Å²) < 4.78 is 5.78. The van der Waals surface area contributed by atoms with E-state index < -0.39 is 6.10 Å². The van der Waals surface area contributed by atoms with E-state index in [4.69, 9.17) is 4.74 Å². The number of fused-ring (bicyclic) bond motifs is 1. The lowest BCUT2D eigenvalue weighted by Gasteiger charge is -2.30. The van der Waals surface area contributed by atoms with E-state index in [9.17, 15) is 5.11 Å². The molecule has 5 heteroatoms. The van der Waals surface area contributed by atoms with Gasteiger partial charge in [0.15, 0.2) is 0 Å². The van der Waals surface area contributed by atoms with E-state index in [-0.39, 0.29) is 11.5 Å². The fraction of sp³-hybridized carbons (Fsp3) is 0.529. The van der Waals surface area contributed by atoms with E-state index in [0.29, 0.717) is 6.54 Å². The standard InChI is InChI=1S/C17H26N2O2S/c1-4-17(3,22-5-2)19-11-13(20)12-21-16-8-6-7-15-14(16)9-10-18-15/h6-10,13,18-20H,4-5,11-12H2,1-3H3. The maximum atomic E-state index is 10.2. The molecule has 122 valence electrons. The molecule has 0 bridgehead atoms. The number of aromatic nitrogens is 1. The van der Waals surface area contributed by atoms with Crippen LogP contribution in [0.3, 0.4) is 0 Å². The average Bonchev–Trinajstić information content (AvgIpc) is 3.00. The fourth-order valence-corrected chi connectivity index (χ4v) is 3.38. The number of aromatic amines is 1. The first kappa shape index (κ1) is 17.2. The van der Waals surface area contributed by atoms with Crippen LogP contribution in [0.15, 0.2) is 30.5 Å². The second kappa shape index (κ2) is 7.90. The van der Waals surface area contributed by atoms with E-state index in [2.05, 4.69) is 31.1 Å². The zero-order valence-electron chi connectivity index (χ0n) is 13.6. The molecular weight excluding hydrogens is 296 g/mol. The maximum absolute atomic E-state index is 10.2. The first-order chi connectivity index (χ1) is 10.6. The van der Waals surface area contributed by atoms with Crippen LogP contribution in [-0.4, -0.2) is 40.0 Å². The van der Waals surface area contributed by atoms with Crippen molar-refractivity contribution in [3.8, 4) is 5.75 Å².